The smallest absolute Gasteiger partial charge is 0.337 e. The van der Waals surface area contributed by atoms with Crippen LogP contribution in [0.1, 0.15) is 53.1 Å². The topological polar surface area (TPSA) is 100 Å². The molecular weight excluding hydrogens is 462 g/mol. The quantitative estimate of drug-likeness (QED) is 0.605. The molecule has 8 heteroatoms. The highest BCUT2D eigenvalue weighted by atomic mass is 16.5. The molecule has 0 radical (unpaired) electrons. The molecule has 2 aliphatic rings. The Morgan fingerprint density at radius 2 is 1.47 bits per heavy atom. The Morgan fingerprint density at radius 1 is 0.833 bits per heavy atom. The summed E-state index contributed by atoms with van der Waals surface area (Å²) in [4.78, 5) is 38.4. The lowest BCUT2D eigenvalue weighted by atomic mass is 9.71. The van der Waals surface area contributed by atoms with Crippen molar-refractivity contribution in [3.63, 3.8) is 0 Å². The minimum absolute atomic E-state index is 0.0560. The van der Waals surface area contributed by atoms with E-state index in [1.165, 1.54) is 14.2 Å². The van der Waals surface area contributed by atoms with Gasteiger partial charge in [-0.3, -0.25) is 4.79 Å². The molecule has 4 rings (SSSR count). The second kappa shape index (κ2) is 10.3. The molecule has 1 N–H and O–H groups in total. The molecule has 8 nitrogen and oxygen atoms in total. The van der Waals surface area contributed by atoms with Crippen LogP contribution in [0.4, 0.5) is 0 Å². The minimum Gasteiger partial charge on any atom is -0.493 e. The Kier molecular flexibility index (Phi) is 7.15. The maximum absolute atomic E-state index is 13.7. The summed E-state index contributed by atoms with van der Waals surface area (Å²) in [6.45, 7) is 1.80. The summed E-state index contributed by atoms with van der Waals surface area (Å²) in [5, 5.41) is 3.31. The van der Waals surface area contributed by atoms with E-state index < -0.39 is 17.9 Å². The van der Waals surface area contributed by atoms with Crippen molar-refractivity contribution in [3.8, 4) is 11.5 Å². The van der Waals surface area contributed by atoms with Crippen molar-refractivity contribution < 1.29 is 33.3 Å². The lowest BCUT2D eigenvalue weighted by molar-refractivity contribution is -0.136. The number of benzene rings is 2. The van der Waals surface area contributed by atoms with Crippen LogP contribution >= 0.6 is 0 Å². The summed E-state index contributed by atoms with van der Waals surface area (Å²) in [5.41, 5.74) is 4.39. The number of esters is 2. The molecule has 0 unspecified atom stereocenters. The van der Waals surface area contributed by atoms with E-state index >= 15 is 0 Å². The summed E-state index contributed by atoms with van der Waals surface area (Å²) >= 11 is 0. The number of dihydropyridines is 1. The molecule has 0 spiro atoms. The van der Waals surface area contributed by atoms with Crippen LogP contribution in [0.15, 0.2) is 65.0 Å². The molecule has 36 heavy (non-hydrogen) atoms. The van der Waals surface area contributed by atoms with Crippen LogP contribution in [0.2, 0.25) is 0 Å². The van der Waals surface area contributed by atoms with E-state index in [9.17, 15) is 14.4 Å². The van der Waals surface area contributed by atoms with Crippen molar-refractivity contribution in [1.29, 1.82) is 0 Å². The number of allylic oxidation sites excluding steroid dienone is 3. The van der Waals surface area contributed by atoms with E-state index in [1.807, 2.05) is 18.2 Å². The lowest BCUT2D eigenvalue weighted by Gasteiger charge is -2.36. The molecule has 0 fully saturated rings. The first-order valence-corrected chi connectivity index (χ1v) is 11.5. The van der Waals surface area contributed by atoms with Crippen molar-refractivity contribution >= 4 is 17.7 Å². The van der Waals surface area contributed by atoms with E-state index in [4.69, 9.17) is 18.9 Å². The summed E-state index contributed by atoms with van der Waals surface area (Å²) in [6, 6.07) is 12.4. The number of nitrogens with one attached hydrogen (secondary N) is 1. The molecule has 0 saturated carbocycles. The predicted octanol–water partition coefficient (Wildman–Crippen LogP) is 4.03. The Labute approximate surface area is 209 Å². The van der Waals surface area contributed by atoms with Crippen molar-refractivity contribution in [2.24, 2.45) is 0 Å². The summed E-state index contributed by atoms with van der Waals surface area (Å²) < 4.78 is 20.7. The zero-order chi connectivity index (χ0) is 26.0. The Bertz CT molecular complexity index is 1270. The Hall–Kier alpha value is -4.07. The Morgan fingerprint density at radius 3 is 2.08 bits per heavy atom. The fourth-order valence-corrected chi connectivity index (χ4v) is 5.02. The second-order valence-corrected chi connectivity index (χ2v) is 8.74. The zero-order valence-corrected chi connectivity index (χ0v) is 21.0. The third kappa shape index (κ3) is 4.46. The summed E-state index contributed by atoms with van der Waals surface area (Å²) in [5.74, 6) is -0.485. The average Bonchev–Trinajstić information content (AvgIpc) is 2.90. The molecule has 0 bridgehead atoms. The monoisotopic (exact) mass is 491 g/mol. The van der Waals surface area contributed by atoms with Crippen molar-refractivity contribution in [2.45, 2.75) is 31.6 Å². The molecule has 188 valence electrons. The van der Waals surface area contributed by atoms with E-state index in [0.29, 0.717) is 45.9 Å². The van der Waals surface area contributed by atoms with E-state index in [0.717, 1.165) is 11.3 Å². The largest absolute Gasteiger partial charge is 0.493 e. The molecule has 0 saturated heterocycles. The van der Waals surface area contributed by atoms with Gasteiger partial charge in [-0.25, -0.2) is 9.59 Å². The highest BCUT2D eigenvalue weighted by Crippen LogP contribution is 2.46. The molecule has 2 aromatic rings. The van der Waals surface area contributed by atoms with Gasteiger partial charge in [0.2, 0.25) is 0 Å². The van der Waals surface area contributed by atoms with Gasteiger partial charge in [-0.05, 0) is 54.7 Å². The predicted molar refractivity (Wildman–Crippen MR) is 132 cm³/mol. The second-order valence-electron chi connectivity index (χ2n) is 8.74. The lowest BCUT2D eigenvalue weighted by Crippen LogP contribution is -2.36. The van der Waals surface area contributed by atoms with Gasteiger partial charge in [0.1, 0.15) is 0 Å². The number of ether oxygens (including phenoxy) is 4. The molecule has 1 aliphatic heterocycles. The van der Waals surface area contributed by atoms with Crippen LogP contribution in [0.3, 0.4) is 0 Å². The fraction of sp³-hybridized carbons (Fsp3) is 0.321. The SMILES string of the molecule is COC(=O)C1=C(C)NC2=C(C(=O)C[C@@H](c3ccc(OC)c(OC)c3)C2)[C@H]1c1ccc(C(=O)OC)cc1. The number of Topliss-reactive ketones (excluding diaryl/α,β-unsaturated/α-hetero) is 1. The average molecular weight is 492 g/mol. The molecular formula is C28H29NO7. The van der Waals surface area contributed by atoms with Crippen LogP contribution in [0, 0.1) is 0 Å². The molecule has 1 heterocycles. The molecule has 2 aromatic carbocycles. The number of ketones is 1. The number of carbonyl (C=O) groups excluding carboxylic acids is 3. The van der Waals surface area contributed by atoms with Gasteiger partial charge in [0.05, 0.1) is 39.6 Å². The number of rotatable bonds is 6. The highest BCUT2D eigenvalue weighted by molar-refractivity contribution is 6.04. The number of methoxy groups -OCH3 is 4. The molecule has 2 atom stereocenters. The van der Waals surface area contributed by atoms with Crippen LogP contribution in [-0.2, 0) is 19.1 Å². The van der Waals surface area contributed by atoms with Gasteiger partial charge in [-0.1, -0.05) is 18.2 Å². The third-order valence-corrected chi connectivity index (χ3v) is 6.78. The van der Waals surface area contributed by atoms with E-state index in [-0.39, 0.29) is 18.1 Å². The number of hydrogen-bond donors (Lipinski definition) is 1. The normalized spacial score (nSPS) is 19.3. The Balaban J connectivity index is 1.76. The number of hydrogen-bond acceptors (Lipinski definition) is 8. The van der Waals surface area contributed by atoms with Gasteiger partial charge < -0.3 is 24.3 Å². The first-order valence-electron chi connectivity index (χ1n) is 11.5. The van der Waals surface area contributed by atoms with Gasteiger partial charge in [0.25, 0.3) is 0 Å². The summed E-state index contributed by atoms with van der Waals surface area (Å²) in [6.07, 6.45) is 0.860. The highest BCUT2D eigenvalue weighted by Gasteiger charge is 2.41. The van der Waals surface area contributed by atoms with Crippen LogP contribution in [0.25, 0.3) is 0 Å². The molecule has 1 aliphatic carbocycles. The standard InChI is InChI=1S/C28H29NO7/c1-15-24(28(32)36-5)25(16-6-8-17(9-7-16)27(31)35-4)26-20(29-15)12-19(13-21(26)30)18-10-11-22(33-2)23(14-18)34-3/h6-11,14,19,25,29H,12-13H2,1-5H3/t19-,25-/m0/s1. The van der Waals surface area contributed by atoms with Crippen molar-refractivity contribution in [2.75, 3.05) is 28.4 Å². The van der Waals surface area contributed by atoms with Crippen LogP contribution < -0.4 is 14.8 Å². The van der Waals surface area contributed by atoms with E-state index in [1.54, 1.807) is 45.4 Å². The summed E-state index contributed by atoms with van der Waals surface area (Å²) in [7, 11) is 5.79. The van der Waals surface area contributed by atoms with Gasteiger partial charge >= 0.3 is 11.9 Å². The maximum Gasteiger partial charge on any atom is 0.337 e. The molecule has 0 aromatic heterocycles. The van der Waals surface area contributed by atoms with Crippen molar-refractivity contribution in [1.82, 2.24) is 5.32 Å². The maximum atomic E-state index is 13.7. The van der Waals surface area contributed by atoms with E-state index in [2.05, 4.69) is 5.32 Å². The van der Waals surface area contributed by atoms with Gasteiger partial charge in [0.15, 0.2) is 17.3 Å². The van der Waals surface area contributed by atoms with Gasteiger partial charge in [-0.15, -0.1) is 0 Å². The van der Waals surface area contributed by atoms with Gasteiger partial charge in [0, 0.05) is 29.3 Å². The zero-order valence-electron chi connectivity index (χ0n) is 21.0. The van der Waals surface area contributed by atoms with Gasteiger partial charge in [-0.2, -0.15) is 0 Å². The minimum atomic E-state index is -0.612. The first-order chi connectivity index (χ1) is 17.3. The third-order valence-electron chi connectivity index (χ3n) is 6.78. The number of carbonyl (C=O) groups is 3. The molecule has 0 amide bonds. The van der Waals surface area contributed by atoms with Crippen LogP contribution in [-0.4, -0.2) is 46.2 Å². The fourth-order valence-electron chi connectivity index (χ4n) is 5.02. The first kappa shape index (κ1) is 25.0. The van der Waals surface area contributed by atoms with Crippen molar-refractivity contribution in [3.05, 3.63) is 81.7 Å². The van der Waals surface area contributed by atoms with Crippen LogP contribution in [0.5, 0.6) is 11.5 Å².